The van der Waals surface area contributed by atoms with Gasteiger partial charge in [0.05, 0.1) is 11.2 Å². The number of rotatable bonds is 3. The number of nitrogens with two attached hydrogens (primary N) is 1. The van der Waals surface area contributed by atoms with Crippen molar-refractivity contribution >= 4 is 0 Å². The highest BCUT2D eigenvalue weighted by molar-refractivity contribution is 4.92. The van der Waals surface area contributed by atoms with Crippen LogP contribution in [0, 0.1) is 0 Å². The molecule has 1 aliphatic carbocycles. The van der Waals surface area contributed by atoms with Crippen molar-refractivity contribution in [3.8, 4) is 0 Å². The van der Waals surface area contributed by atoms with Crippen LogP contribution in [0.1, 0.15) is 66.2 Å². The van der Waals surface area contributed by atoms with E-state index in [1.54, 1.807) is 0 Å². The van der Waals surface area contributed by atoms with Crippen LogP contribution in [0.3, 0.4) is 0 Å². The Morgan fingerprint density at radius 1 is 0.947 bits per heavy atom. The van der Waals surface area contributed by atoms with Gasteiger partial charge in [-0.05, 0) is 47.0 Å². The Morgan fingerprint density at radius 2 is 1.47 bits per heavy atom. The van der Waals surface area contributed by atoms with Gasteiger partial charge in [0.15, 0.2) is 0 Å². The number of nitrogens with zero attached hydrogens (tertiary/aromatic N) is 1. The number of ether oxygens (including phenoxy) is 1. The zero-order valence-electron chi connectivity index (χ0n) is 13.3. The summed E-state index contributed by atoms with van der Waals surface area (Å²) in [5.74, 6) is 0. The molecule has 3 nitrogen and oxygen atoms in total. The minimum Gasteiger partial charge on any atom is -0.367 e. The molecule has 0 spiro atoms. The number of morpholine rings is 1. The highest BCUT2D eigenvalue weighted by Gasteiger charge is 2.38. The van der Waals surface area contributed by atoms with Crippen molar-refractivity contribution in [3.05, 3.63) is 0 Å². The van der Waals surface area contributed by atoms with Crippen LogP contribution in [0.5, 0.6) is 0 Å². The maximum absolute atomic E-state index is 6.55. The molecule has 0 amide bonds. The van der Waals surface area contributed by atoms with Gasteiger partial charge in [-0.1, -0.05) is 19.3 Å². The second-order valence-corrected chi connectivity index (χ2v) is 8.01. The first kappa shape index (κ1) is 15.3. The van der Waals surface area contributed by atoms with E-state index in [9.17, 15) is 0 Å². The lowest BCUT2D eigenvalue weighted by Crippen LogP contribution is -2.58. The van der Waals surface area contributed by atoms with Crippen molar-refractivity contribution < 1.29 is 4.74 Å². The monoisotopic (exact) mass is 268 g/mol. The first-order valence-corrected chi connectivity index (χ1v) is 7.91. The molecule has 0 aromatic carbocycles. The fourth-order valence-electron chi connectivity index (χ4n) is 3.99. The lowest BCUT2D eigenvalue weighted by atomic mass is 9.80. The van der Waals surface area contributed by atoms with Crippen molar-refractivity contribution in [2.45, 2.75) is 83.0 Å². The summed E-state index contributed by atoms with van der Waals surface area (Å²) in [6.45, 7) is 11.9. The summed E-state index contributed by atoms with van der Waals surface area (Å²) in [7, 11) is 0. The van der Waals surface area contributed by atoms with Crippen LogP contribution in [0.25, 0.3) is 0 Å². The van der Waals surface area contributed by atoms with Crippen LogP contribution in [-0.4, -0.2) is 41.3 Å². The molecule has 2 N–H and O–H groups in total. The van der Waals surface area contributed by atoms with Crippen LogP contribution in [0.15, 0.2) is 0 Å². The van der Waals surface area contributed by atoms with Crippen LogP contribution in [0.2, 0.25) is 0 Å². The van der Waals surface area contributed by atoms with Gasteiger partial charge in [0.25, 0.3) is 0 Å². The molecule has 0 unspecified atom stereocenters. The van der Waals surface area contributed by atoms with E-state index in [1.807, 2.05) is 0 Å². The third kappa shape index (κ3) is 4.44. The van der Waals surface area contributed by atoms with Crippen LogP contribution >= 0.6 is 0 Å². The Kier molecular flexibility index (Phi) is 4.29. The molecule has 2 rings (SSSR count). The summed E-state index contributed by atoms with van der Waals surface area (Å²) >= 11 is 0. The Balaban J connectivity index is 1.88. The second kappa shape index (κ2) is 5.34. The molecule has 1 saturated carbocycles. The molecule has 0 aromatic heterocycles. The quantitative estimate of drug-likeness (QED) is 0.855. The van der Waals surface area contributed by atoms with Crippen molar-refractivity contribution in [2.75, 3.05) is 19.6 Å². The van der Waals surface area contributed by atoms with Gasteiger partial charge in [0.2, 0.25) is 0 Å². The van der Waals surface area contributed by atoms with Gasteiger partial charge >= 0.3 is 0 Å². The summed E-state index contributed by atoms with van der Waals surface area (Å²) in [5.41, 5.74) is 6.56. The summed E-state index contributed by atoms with van der Waals surface area (Å²) < 4.78 is 6.14. The van der Waals surface area contributed by atoms with Gasteiger partial charge in [-0.25, -0.2) is 0 Å². The molecular formula is C16H32N2O. The van der Waals surface area contributed by atoms with E-state index in [0.717, 1.165) is 26.1 Å². The summed E-state index contributed by atoms with van der Waals surface area (Å²) in [4.78, 5) is 2.55. The SMILES string of the molecule is CC1(C)CN(CCC2(N)CCCCC2)CC(C)(C)O1. The van der Waals surface area contributed by atoms with E-state index in [2.05, 4.69) is 32.6 Å². The average molecular weight is 268 g/mol. The Bertz CT molecular complexity index is 290. The molecule has 0 atom stereocenters. The Labute approximate surface area is 118 Å². The number of hydrogen-bond donors (Lipinski definition) is 1. The predicted octanol–water partition coefficient (Wildman–Crippen LogP) is 2.93. The lowest BCUT2D eigenvalue weighted by molar-refractivity contribution is -0.181. The fraction of sp³-hybridized carbons (Fsp3) is 1.00. The standard InChI is InChI=1S/C16H32N2O/c1-14(2)12-18(13-15(3,4)19-14)11-10-16(17)8-6-5-7-9-16/h5-13,17H2,1-4H3. The zero-order valence-corrected chi connectivity index (χ0v) is 13.3. The van der Waals surface area contributed by atoms with E-state index < -0.39 is 0 Å². The van der Waals surface area contributed by atoms with E-state index in [-0.39, 0.29) is 16.7 Å². The van der Waals surface area contributed by atoms with Gasteiger partial charge < -0.3 is 10.5 Å². The first-order chi connectivity index (χ1) is 8.70. The molecule has 1 saturated heterocycles. The first-order valence-electron chi connectivity index (χ1n) is 7.91. The largest absolute Gasteiger partial charge is 0.367 e. The van der Waals surface area contributed by atoms with Gasteiger partial charge in [-0.3, -0.25) is 4.90 Å². The molecule has 1 aliphatic heterocycles. The maximum Gasteiger partial charge on any atom is 0.0760 e. The summed E-state index contributed by atoms with van der Waals surface area (Å²) in [5, 5.41) is 0. The molecule has 3 heteroatoms. The van der Waals surface area contributed by atoms with Crippen LogP contribution in [-0.2, 0) is 4.74 Å². The van der Waals surface area contributed by atoms with Gasteiger partial charge in [-0.2, -0.15) is 0 Å². The van der Waals surface area contributed by atoms with Crippen molar-refractivity contribution in [1.82, 2.24) is 4.90 Å². The topological polar surface area (TPSA) is 38.5 Å². The predicted molar refractivity (Wildman–Crippen MR) is 80.3 cm³/mol. The van der Waals surface area contributed by atoms with E-state index in [1.165, 1.54) is 32.1 Å². The zero-order chi connectivity index (χ0) is 14.1. The second-order valence-electron chi connectivity index (χ2n) is 8.01. The Hall–Kier alpha value is -0.120. The molecular weight excluding hydrogens is 236 g/mol. The minimum absolute atomic E-state index is 0.0456. The van der Waals surface area contributed by atoms with Crippen LogP contribution < -0.4 is 5.73 Å². The lowest BCUT2D eigenvalue weighted by Gasteiger charge is -2.48. The molecule has 0 aromatic rings. The molecule has 19 heavy (non-hydrogen) atoms. The van der Waals surface area contributed by atoms with Crippen molar-refractivity contribution in [3.63, 3.8) is 0 Å². The highest BCUT2D eigenvalue weighted by atomic mass is 16.5. The number of hydrogen-bond acceptors (Lipinski definition) is 3. The van der Waals surface area contributed by atoms with Gasteiger partial charge in [-0.15, -0.1) is 0 Å². The minimum atomic E-state index is -0.0456. The smallest absolute Gasteiger partial charge is 0.0760 e. The summed E-state index contributed by atoms with van der Waals surface area (Å²) in [6.07, 6.45) is 7.57. The van der Waals surface area contributed by atoms with E-state index >= 15 is 0 Å². The molecule has 112 valence electrons. The van der Waals surface area contributed by atoms with Gasteiger partial charge in [0, 0.05) is 25.2 Å². The normalized spacial score (nSPS) is 30.2. The highest BCUT2D eigenvalue weighted by Crippen LogP contribution is 2.31. The van der Waals surface area contributed by atoms with Crippen molar-refractivity contribution in [1.29, 1.82) is 0 Å². The maximum atomic E-state index is 6.55. The van der Waals surface area contributed by atoms with E-state index in [4.69, 9.17) is 10.5 Å². The van der Waals surface area contributed by atoms with Gasteiger partial charge in [0.1, 0.15) is 0 Å². The molecule has 0 radical (unpaired) electrons. The molecule has 2 aliphatic rings. The average Bonchev–Trinajstić information content (AvgIpc) is 2.23. The van der Waals surface area contributed by atoms with E-state index in [0.29, 0.717) is 0 Å². The third-order valence-electron chi connectivity index (χ3n) is 4.54. The third-order valence-corrected chi connectivity index (χ3v) is 4.54. The Morgan fingerprint density at radius 3 is 2.00 bits per heavy atom. The molecule has 0 bridgehead atoms. The molecule has 1 heterocycles. The molecule has 2 fully saturated rings. The van der Waals surface area contributed by atoms with Crippen LogP contribution in [0.4, 0.5) is 0 Å². The van der Waals surface area contributed by atoms with Crippen molar-refractivity contribution in [2.24, 2.45) is 5.73 Å². The fourth-order valence-corrected chi connectivity index (χ4v) is 3.99. The summed E-state index contributed by atoms with van der Waals surface area (Å²) in [6, 6.07) is 0.